The third-order valence-corrected chi connectivity index (χ3v) is 6.96. The van der Waals surface area contributed by atoms with Gasteiger partial charge in [-0.3, -0.25) is 9.59 Å². The Morgan fingerprint density at radius 1 is 1.03 bits per heavy atom. The number of rotatable bonds is 7. The quantitative estimate of drug-likeness (QED) is 0.263. The number of hydrogen-bond acceptors (Lipinski definition) is 5. The summed E-state index contributed by atoms with van der Waals surface area (Å²) in [5.41, 5.74) is 1.98. The Labute approximate surface area is 209 Å². The van der Waals surface area contributed by atoms with Crippen molar-refractivity contribution in [3.63, 3.8) is 0 Å². The summed E-state index contributed by atoms with van der Waals surface area (Å²) in [6, 6.07) is 20.2. The monoisotopic (exact) mass is 511 g/mol. The molecule has 3 aromatic carbocycles. The van der Waals surface area contributed by atoms with Gasteiger partial charge in [-0.15, -0.1) is 23.1 Å². The maximum absolute atomic E-state index is 13.9. The molecule has 0 fully saturated rings. The number of carbonyl (C=O) groups is 2. The van der Waals surface area contributed by atoms with E-state index in [4.69, 9.17) is 11.6 Å². The van der Waals surface area contributed by atoms with Crippen LogP contribution in [-0.4, -0.2) is 22.0 Å². The number of hydrogen-bond donors (Lipinski definition) is 2. The van der Waals surface area contributed by atoms with E-state index in [9.17, 15) is 14.0 Å². The number of benzene rings is 3. The van der Waals surface area contributed by atoms with Crippen molar-refractivity contribution in [2.75, 3.05) is 10.6 Å². The van der Waals surface area contributed by atoms with Crippen LogP contribution in [0.5, 0.6) is 0 Å². The lowest BCUT2D eigenvalue weighted by molar-refractivity contribution is -0.115. The van der Waals surface area contributed by atoms with Gasteiger partial charge in [-0.25, -0.2) is 9.37 Å². The molecule has 0 spiro atoms. The molecule has 2 N–H and O–H groups in total. The molecule has 0 aliphatic heterocycles. The second-order valence-corrected chi connectivity index (χ2v) is 9.91. The van der Waals surface area contributed by atoms with Crippen molar-refractivity contribution in [3.05, 3.63) is 94.6 Å². The summed E-state index contributed by atoms with van der Waals surface area (Å²) in [5, 5.41) is 8.03. The van der Waals surface area contributed by atoms with Crippen LogP contribution in [0.3, 0.4) is 0 Å². The summed E-state index contributed by atoms with van der Waals surface area (Å²) < 4.78 is 13.9. The molecule has 0 saturated heterocycles. The first-order valence-corrected chi connectivity index (χ1v) is 12.4. The molecule has 4 aromatic rings. The van der Waals surface area contributed by atoms with Gasteiger partial charge in [0, 0.05) is 26.5 Å². The second kappa shape index (κ2) is 10.8. The van der Waals surface area contributed by atoms with Crippen molar-refractivity contribution < 1.29 is 14.0 Å². The molecule has 5 nitrogen and oxygen atoms in total. The second-order valence-electron chi connectivity index (χ2n) is 7.23. The highest BCUT2D eigenvalue weighted by Crippen LogP contribution is 2.31. The molecule has 2 amide bonds. The smallest absolute Gasteiger partial charge is 0.258 e. The molecule has 172 valence electrons. The molecule has 1 atom stereocenters. The highest BCUT2D eigenvalue weighted by Gasteiger charge is 2.18. The number of carbonyl (C=O) groups excluding carboxylic acids is 2. The van der Waals surface area contributed by atoms with E-state index in [-0.39, 0.29) is 11.5 Å². The Balaban J connectivity index is 1.38. The topological polar surface area (TPSA) is 71.1 Å². The molecule has 34 heavy (non-hydrogen) atoms. The molecule has 0 aliphatic carbocycles. The summed E-state index contributed by atoms with van der Waals surface area (Å²) in [5.74, 6) is -1.33. The predicted molar refractivity (Wildman–Crippen MR) is 137 cm³/mol. The molecule has 0 aliphatic rings. The van der Waals surface area contributed by atoms with Crippen LogP contribution in [0.4, 0.5) is 15.2 Å². The van der Waals surface area contributed by atoms with Crippen molar-refractivity contribution in [2.45, 2.75) is 17.1 Å². The zero-order valence-electron chi connectivity index (χ0n) is 17.9. The van der Waals surface area contributed by atoms with Gasteiger partial charge in [-0.05, 0) is 43.3 Å². The lowest BCUT2D eigenvalue weighted by Crippen LogP contribution is -2.22. The van der Waals surface area contributed by atoms with E-state index in [1.54, 1.807) is 37.3 Å². The van der Waals surface area contributed by atoms with Crippen molar-refractivity contribution in [2.24, 2.45) is 0 Å². The van der Waals surface area contributed by atoms with Crippen LogP contribution in [-0.2, 0) is 4.79 Å². The summed E-state index contributed by atoms with van der Waals surface area (Å²) in [6.07, 6.45) is 0. The normalized spacial score (nSPS) is 11.6. The van der Waals surface area contributed by atoms with Crippen LogP contribution in [0.2, 0.25) is 5.02 Å². The van der Waals surface area contributed by atoms with E-state index >= 15 is 0 Å². The molecule has 0 radical (unpaired) electrons. The molecule has 1 aromatic heterocycles. The molecule has 0 bridgehead atoms. The van der Waals surface area contributed by atoms with Gasteiger partial charge in [0.15, 0.2) is 5.13 Å². The fraction of sp³-hybridized carbons (Fsp3) is 0.0800. The summed E-state index contributed by atoms with van der Waals surface area (Å²) in [4.78, 5) is 30.3. The Morgan fingerprint density at radius 2 is 1.79 bits per heavy atom. The van der Waals surface area contributed by atoms with E-state index in [0.717, 1.165) is 10.5 Å². The first-order chi connectivity index (χ1) is 16.4. The zero-order valence-corrected chi connectivity index (χ0v) is 20.3. The number of halogens is 2. The molecular formula is C25H19ClFN3O2S2. The number of nitrogens with one attached hydrogen (secondary N) is 2. The van der Waals surface area contributed by atoms with Crippen molar-refractivity contribution >= 4 is 57.3 Å². The van der Waals surface area contributed by atoms with E-state index in [2.05, 4.69) is 15.6 Å². The minimum atomic E-state index is -0.587. The maximum atomic E-state index is 13.9. The number of thioether (sulfide) groups is 1. The van der Waals surface area contributed by atoms with Crippen molar-refractivity contribution in [1.29, 1.82) is 0 Å². The average Bonchev–Trinajstić information content (AvgIpc) is 3.28. The lowest BCUT2D eigenvalue weighted by atomic mass is 10.2. The Kier molecular flexibility index (Phi) is 7.62. The van der Waals surface area contributed by atoms with Crippen LogP contribution < -0.4 is 10.6 Å². The number of anilines is 2. The summed E-state index contributed by atoms with van der Waals surface area (Å²) in [6.45, 7) is 1.78. The summed E-state index contributed by atoms with van der Waals surface area (Å²) in [7, 11) is 0. The van der Waals surface area contributed by atoms with Gasteiger partial charge in [0.25, 0.3) is 5.91 Å². The predicted octanol–water partition coefficient (Wildman–Crippen LogP) is 6.97. The van der Waals surface area contributed by atoms with Crippen LogP contribution in [0, 0.1) is 5.82 Å². The minimum absolute atomic E-state index is 0.0343. The fourth-order valence-corrected chi connectivity index (χ4v) is 4.95. The summed E-state index contributed by atoms with van der Waals surface area (Å²) >= 11 is 8.89. The van der Waals surface area contributed by atoms with Crippen LogP contribution in [0.15, 0.2) is 83.1 Å². The molecule has 1 heterocycles. The van der Waals surface area contributed by atoms with E-state index in [1.807, 2.05) is 29.6 Å². The molecule has 0 saturated carbocycles. The molecule has 4 rings (SSSR count). The Hall–Kier alpha value is -3.20. The van der Waals surface area contributed by atoms with Gasteiger partial charge in [-0.2, -0.15) is 0 Å². The van der Waals surface area contributed by atoms with Gasteiger partial charge in [0.05, 0.1) is 16.5 Å². The minimum Gasteiger partial charge on any atom is -0.322 e. The maximum Gasteiger partial charge on any atom is 0.258 e. The van der Waals surface area contributed by atoms with Crippen LogP contribution >= 0.6 is 34.7 Å². The van der Waals surface area contributed by atoms with Gasteiger partial charge < -0.3 is 10.6 Å². The van der Waals surface area contributed by atoms with Crippen LogP contribution in [0.25, 0.3) is 11.3 Å². The molecule has 1 unspecified atom stereocenters. The highest BCUT2D eigenvalue weighted by molar-refractivity contribution is 8.00. The van der Waals surface area contributed by atoms with Crippen molar-refractivity contribution in [3.8, 4) is 11.3 Å². The van der Waals surface area contributed by atoms with E-state index in [0.29, 0.717) is 21.5 Å². The third kappa shape index (κ3) is 5.83. The molecule has 9 heteroatoms. The Morgan fingerprint density at radius 3 is 2.59 bits per heavy atom. The van der Waals surface area contributed by atoms with Gasteiger partial charge >= 0.3 is 0 Å². The molecular weight excluding hydrogens is 493 g/mol. The fourth-order valence-electron chi connectivity index (χ4n) is 3.08. The van der Waals surface area contributed by atoms with Crippen LogP contribution in [0.1, 0.15) is 17.3 Å². The highest BCUT2D eigenvalue weighted by atomic mass is 35.5. The van der Waals surface area contributed by atoms with Gasteiger partial charge in [0.2, 0.25) is 5.91 Å². The number of thiazole rings is 1. The van der Waals surface area contributed by atoms with E-state index in [1.165, 1.54) is 41.3 Å². The van der Waals surface area contributed by atoms with Gasteiger partial charge in [0.1, 0.15) is 5.82 Å². The first-order valence-electron chi connectivity index (χ1n) is 10.2. The zero-order chi connectivity index (χ0) is 24.1. The van der Waals surface area contributed by atoms with Gasteiger partial charge in [-0.1, -0.05) is 48.0 Å². The largest absolute Gasteiger partial charge is 0.322 e. The number of aromatic nitrogens is 1. The third-order valence-electron chi connectivity index (χ3n) is 4.78. The Bertz CT molecular complexity index is 1350. The number of amides is 2. The standard InChI is InChI=1S/C25H19ClFN3O2S2/c1-15(23(31)30-25-29-22(14-33-25)18-9-2-4-11-20(18)26)34-17-8-6-7-16(13-17)28-24(32)19-10-3-5-12-21(19)27/h2-15H,1H3,(H,28,32)(H,29,30,31). The van der Waals surface area contributed by atoms with Crippen molar-refractivity contribution in [1.82, 2.24) is 4.98 Å². The SMILES string of the molecule is CC(Sc1cccc(NC(=O)c2ccccc2F)c1)C(=O)Nc1nc(-c2ccccc2Cl)cs1. The number of nitrogens with zero attached hydrogens (tertiary/aromatic N) is 1. The van der Waals surface area contributed by atoms with E-state index < -0.39 is 17.0 Å². The average molecular weight is 512 g/mol. The first kappa shape index (κ1) is 23.9. The lowest BCUT2D eigenvalue weighted by Gasteiger charge is -2.12.